The van der Waals surface area contributed by atoms with Crippen molar-refractivity contribution in [2.75, 3.05) is 12.9 Å². The van der Waals surface area contributed by atoms with Crippen LogP contribution in [0.3, 0.4) is 0 Å². The maximum Gasteiger partial charge on any atom is 0.420 e. The molecule has 0 spiro atoms. The lowest BCUT2D eigenvalue weighted by Crippen LogP contribution is -2.19. The van der Waals surface area contributed by atoms with Crippen molar-refractivity contribution in [1.82, 2.24) is 4.57 Å². The number of oxazole rings is 1. The molecule has 8 nitrogen and oxygen atoms in total. The Morgan fingerprint density at radius 1 is 1.28 bits per heavy atom. The number of hydrogen-bond acceptors (Lipinski definition) is 7. The van der Waals surface area contributed by atoms with Crippen molar-refractivity contribution in [2.24, 2.45) is 0 Å². The third kappa shape index (κ3) is 4.81. The van der Waals surface area contributed by atoms with Gasteiger partial charge in [0.2, 0.25) is 0 Å². The monoisotopic (exact) mass is 513 g/mol. The molecule has 0 radical (unpaired) electrons. The van der Waals surface area contributed by atoms with Gasteiger partial charge in [-0.3, -0.25) is 9.36 Å². The van der Waals surface area contributed by atoms with Crippen LogP contribution < -0.4 is 5.76 Å². The molecule has 1 aromatic heterocycles. The van der Waals surface area contributed by atoms with Crippen molar-refractivity contribution in [3.8, 4) is 0 Å². The highest BCUT2D eigenvalue weighted by atomic mass is 32.2. The zero-order valence-electron chi connectivity index (χ0n) is 19.9. The van der Waals surface area contributed by atoms with Crippen LogP contribution in [0.5, 0.6) is 0 Å². The number of aldehydes is 1. The van der Waals surface area contributed by atoms with Crippen LogP contribution in [0.2, 0.25) is 0 Å². The fourth-order valence-electron chi connectivity index (χ4n) is 4.52. The van der Waals surface area contributed by atoms with E-state index in [4.69, 9.17) is 9.15 Å². The number of ether oxygens (including phenoxy) is 1. The average Bonchev–Trinajstić information content (AvgIpc) is 3.39. The van der Waals surface area contributed by atoms with Gasteiger partial charge in [0.15, 0.2) is 21.9 Å². The Labute approximate surface area is 206 Å². The Morgan fingerprint density at radius 2 is 2.03 bits per heavy atom. The number of nitrogens with zero attached hydrogens (tertiary/aromatic N) is 1. The molecule has 0 bridgehead atoms. The second-order valence-corrected chi connectivity index (χ2v) is 10.7. The van der Waals surface area contributed by atoms with Crippen LogP contribution in [-0.2, 0) is 31.5 Å². The summed E-state index contributed by atoms with van der Waals surface area (Å²) in [6.07, 6.45) is 2.98. The van der Waals surface area contributed by atoms with E-state index in [-0.39, 0.29) is 24.4 Å². The number of benzene rings is 2. The SMILES string of the molecule is CCOC(=O)C1=C(c2ccc(CS(C)(=O)=O)c(F)c2)c2cccc([C@H](C)n3cc(C=O)oc3=O)c2C1. The summed E-state index contributed by atoms with van der Waals surface area (Å²) in [6, 6.07) is 9.05. The van der Waals surface area contributed by atoms with Gasteiger partial charge in [-0.15, -0.1) is 0 Å². The maximum absolute atomic E-state index is 14.9. The van der Waals surface area contributed by atoms with Crippen molar-refractivity contribution in [2.45, 2.75) is 32.1 Å². The summed E-state index contributed by atoms with van der Waals surface area (Å²) < 4.78 is 49.7. The molecule has 0 aliphatic heterocycles. The van der Waals surface area contributed by atoms with E-state index in [1.165, 1.54) is 22.9 Å². The zero-order chi connectivity index (χ0) is 26.2. The lowest BCUT2D eigenvalue weighted by atomic mass is 9.93. The lowest BCUT2D eigenvalue weighted by molar-refractivity contribution is -0.138. The molecule has 0 unspecified atom stereocenters. The maximum atomic E-state index is 14.9. The van der Waals surface area contributed by atoms with Crippen LogP contribution in [0.4, 0.5) is 4.39 Å². The van der Waals surface area contributed by atoms with Gasteiger partial charge in [-0.1, -0.05) is 30.3 Å². The molecule has 0 saturated carbocycles. The van der Waals surface area contributed by atoms with Crippen molar-refractivity contribution >= 4 is 27.7 Å². The Morgan fingerprint density at radius 3 is 2.64 bits per heavy atom. The summed E-state index contributed by atoms with van der Waals surface area (Å²) in [5.41, 5.74) is 3.39. The van der Waals surface area contributed by atoms with Gasteiger partial charge in [0.05, 0.1) is 24.6 Å². The molecule has 4 rings (SSSR count). The molecule has 3 aromatic rings. The molecule has 0 saturated heterocycles. The van der Waals surface area contributed by atoms with Gasteiger partial charge in [0.25, 0.3) is 0 Å². The van der Waals surface area contributed by atoms with Crippen LogP contribution in [0.15, 0.2) is 57.4 Å². The summed E-state index contributed by atoms with van der Waals surface area (Å²) in [5.74, 6) is -2.48. The van der Waals surface area contributed by atoms with E-state index in [9.17, 15) is 27.2 Å². The molecule has 0 N–H and O–H groups in total. The third-order valence-corrected chi connectivity index (χ3v) is 6.92. The molecule has 1 atom stereocenters. The fourth-order valence-corrected chi connectivity index (χ4v) is 5.32. The molecular weight excluding hydrogens is 489 g/mol. The largest absolute Gasteiger partial charge is 0.463 e. The van der Waals surface area contributed by atoms with Gasteiger partial charge < -0.3 is 9.15 Å². The van der Waals surface area contributed by atoms with Crippen molar-refractivity contribution < 1.29 is 31.6 Å². The zero-order valence-corrected chi connectivity index (χ0v) is 20.7. The van der Waals surface area contributed by atoms with E-state index >= 15 is 0 Å². The standard InChI is InChI=1S/C26H24FNO7S/c1-4-34-25(30)22-11-21-19(15(2)28-12-18(13-29)35-26(28)31)6-5-7-20(21)24(22)16-8-9-17(23(27)10-16)14-36(3,32)33/h5-10,12-13,15H,4,11,14H2,1-3H3/t15-/m0/s1. The van der Waals surface area contributed by atoms with E-state index < -0.39 is 39.2 Å². The van der Waals surface area contributed by atoms with E-state index in [2.05, 4.69) is 0 Å². The van der Waals surface area contributed by atoms with Crippen molar-refractivity contribution in [3.05, 3.63) is 98.1 Å². The van der Waals surface area contributed by atoms with Gasteiger partial charge in [-0.25, -0.2) is 22.4 Å². The molecule has 0 fully saturated rings. The summed E-state index contributed by atoms with van der Waals surface area (Å²) in [6.45, 7) is 3.60. The predicted molar refractivity (Wildman–Crippen MR) is 130 cm³/mol. The van der Waals surface area contributed by atoms with Crippen molar-refractivity contribution in [3.63, 3.8) is 0 Å². The van der Waals surface area contributed by atoms with E-state index in [1.807, 2.05) is 6.07 Å². The third-order valence-electron chi connectivity index (χ3n) is 6.08. The van der Waals surface area contributed by atoms with Gasteiger partial charge in [0, 0.05) is 29.4 Å². The molecule has 1 aliphatic rings. The van der Waals surface area contributed by atoms with Crippen LogP contribution in [0, 0.1) is 5.82 Å². The first-order valence-corrected chi connectivity index (χ1v) is 13.3. The quantitative estimate of drug-likeness (QED) is 0.335. The van der Waals surface area contributed by atoms with Crippen molar-refractivity contribution in [1.29, 1.82) is 0 Å². The lowest BCUT2D eigenvalue weighted by Gasteiger charge is -2.17. The summed E-state index contributed by atoms with van der Waals surface area (Å²) in [7, 11) is -3.44. The topological polar surface area (TPSA) is 113 Å². The average molecular weight is 514 g/mol. The molecule has 36 heavy (non-hydrogen) atoms. The first kappa shape index (κ1) is 25.3. The number of fused-ring (bicyclic) bond motifs is 1. The summed E-state index contributed by atoms with van der Waals surface area (Å²) in [5, 5.41) is 0. The second kappa shape index (κ2) is 9.69. The Balaban J connectivity index is 1.84. The molecule has 0 amide bonds. The molecule has 2 aromatic carbocycles. The van der Waals surface area contributed by atoms with Crippen LogP contribution in [0.1, 0.15) is 58.3 Å². The summed E-state index contributed by atoms with van der Waals surface area (Å²) in [4.78, 5) is 36.3. The summed E-state index contributed by atoms with van der Waals surface area (Å²) >= 11 is 0. The highest BCUT2D eigenvalue weighted by molar-refractivity contribution is 7.89. The van der Waals surface area contributed by atoms with Gasteiger partial charge in [-0.2, -0.15) is 0 Å². The molecule has 1 heterocycles. The molecule has 1 aliphatic carbocycles. The Kier molecular flexibility index (Phi) is 6.81. The highest BCUT2D eigenvalue weighted by Crippen LogP contribution is 2.41. The first-order chi connectivity index (χ1) is 17.0. The number of esters is 1. The normalized spacial score (nSPS) is 14.0. The number of sulfone groups is 1. The molecule has 10 heteroatoms. The van der Waals surface area contributed by atoms with Crippen LogP contribution in [-0.4, -0.2) is 38.1 Å². The number of aromatic nitrogens is 1. The highest BCUT2D eigenvalue weighted by Gasteiger charge is 2.32. The Bertz CT molecular complexity index is 1560. The minimum atomic E-state index is -3.44. The van der Waals surface area contributed by atoms with Gasteiger partial charge in [-0.05, 0) is 42.2 Å². The minimum absolute atomic E-state index is 0.0328. The number of carbonyl (C=O) groups excluding carboxylic acids is 2. The van der Waals surface area contributed by atoms with Crippen LogP contribution in [0.25, 0.3) is 5.57 Å². The Hall–Kier alpha value is -3.79. The minimum Gasteiger partial charge on any atom is -0.463 e. The van der Waals surface area contributed by atoms with E-state index in [0.29, 0.717) is 28.6 Å². The second-order valence-electron chi connectivity index (χ2n) is 8.60. The van der Waals surface area contributed by atoms with E-state index in [0.717, 1.165) is 17.4 Å². The predicted octanol–water partition coefficient (Wildman–Crippen LogP) is 3.47. The number of halogens is 1. The fraction of sp³-hybridized carbons (Fsp3) is 0.269. The van der Waals surface area contributed by atoms with Crippen LogP contribution >= 0.6 is 0 Å². The number of hydrogen-bond donors (Lipinski definition) is 0. The smallest absolute Gasteiger partial charge is 0.420 e. The number of rotatable bonds is 8. The van der Waals surface area contributed by atoms with Gasteiger partial charge in [0.1, 0.15) is 5.82 Å². The van der Waals surface area contributed by atoms with E-state index in [1.54, 1.807) is 32.0 Å². The molecule has 188 valence electrons. The van der Waals surface area contributed by atoms with Gasteiger partial charge >= 0.3 is 11.7 Å². The number of carbonyl (C=O) groups is 2. The molecular formula is C26H24FNO7S. The first-order valence-electron chi connectivity index (χ1n) is 11.2.